The molecule has 0 aliphatic rings. The fourth-order valence-electron chi connectivity index (χ4n) is 2.27. The molecular weight excluding hydrogens is 238 g/mol. The average Bonchev–Trinajstić information content (AvgIpc) is 2.94. The highest BCUT2D eigenvalue weighted by Gasteiger charge is 2.18. The van der Waals surface area contributed by atoms with E-state index in [1.54, 1.807) is 7.11 Å². The minimum absolute atomic E-state index is 0.0644. The number of aromatic nitrogens is 2. The second kappa shape index (κ2) is 5.89. The molecular formula is C15H21N3O. The lowest BCUT2D eigenvalue weighted by atomic mass is 10.0. The van der Waals surface area contributed by atoms with Gasteiger partial charge in [-0.05, 0) is 24.6 Å². The quantitative estimate of drug-likeness (QED) is 0.898. The van der Waals surface area contributed by atoms with Crippen LogP contribution in [0.3, 0.4) is 0 Å². The first kappa shape index (κ1) is 13.6. The summed E-state index contributed by atoms with van der Waals surface area (Å²) in [5.74, 6) is 1.91. The van der Waals surface area contributed by atoms with Gasteiger partial charge in [-0.2, -0.15) is 0 Å². The molecule has 2 atom stereocenters. The molecule has 1 aromatic heterocycles. The van der Waals surface area contributed by atoms with E-state index in [-0.39, 0.29) is 12.1 Å². The van der Waals surface area contributed by atoms with Crippen molar-refractivity contribution in [2.45, 2.75) is 32.4 Å². The van der Waals surface area contributed by atoms with Crippen LogP contribution in [0.5, 0.6) is 5.75 Å². The molecule has 0 spiro atoms. The Kier molecular flexibility index (Phi) is 4.22. The first-order valence-electron chi connectivity index (χ1n) is 6.58. The number of ether oxygens (including phenoxy) is 1. The Morgan fingerprint density at radius 3 is 2.58 bits per heavy atom. The van der Waals surface area contributed by atoms with Crippen molar-refractivity contribution >= 4 is 0 Å². The van der Waals surface area contributed by atoms with Gasteiger partial charge in [0.05, 0.1) is 19.2 Å². The van der Waals surface area contributed by atoms with Crippen molar-refractivity contribution in [3.63, 3.8) is 0 Å². The van der Waals surface area contributed by atoms with Crippen molar-refractivity contribution < 1.29 is 4.74 Å². The molecule has 0 aliphatic heterocycles. The van der Waals surface area contributed by atoms with Crippen LogP contribution in [0, 0.1) is 0 Å². The smallest absolute Gasteiger partial charge is 0.118 e. The monoisotopic (exact) mass is 259 g/mol. The molecule has 2 rings (SSSR count). The summed E-state index contributed by atoms with van der Waals surface area (Å²) in [6.07, 6.45) is 4.73. The zero-order valence-corrected chi connectivity index (χ0v) is 11.7. The summed E-state index contributed by atoms with van der Waals surface area (Å²) >= 11 is 0. The van der Waals surface area contributed by atoms with E-state index in [0.717, 1.165) is 23.6 Å². The molecule has 0 bridgehead atoms. The Bertz CT molecular complexity index is 518. The third kappa shape index (κ3) is 2.79. The number of rotatable bonds is 5. The molecule has 19 heavy (non-hydrogen) atoms. The van der Waals surface area contributed by atoms with Gasteiger partial charge in [0.1, 0.15) is 11.6 Å². The van der Waals surface area contributed by atoms with Crippen molar-refractivity contribution in [1.82, 2.24) is 9.55 Å². The summed E-state index contributed by atoms with van der Waals surface area (Å²) in [4.78, 5) is 4.35. The highest BCUT2D eigenvalue weighted by atomic mass is 16.5. The lowest BCUT2D eigenvalue weighted by Gasteiger charge is -2.23. The maximum absolute atomic E-state index is 6.36. The topological polar surface area (TPSA) is 53.1 Å². The van der Waals surface area contributed by atoms with Crippen LogP contribution in [0.25, 0.3) is 0 Å². The number of imidazole rings is 1. The van der Waals surface area contributed by atoms with Gasteiger partial charge >= 0.3 is 0 Å². The van der Waals surface area contributed by atoms with E-state index in [1.165, 1.54) is 0 Å². The Balaban J connectivity index is 2.20. The molecule has 0 radical (unpaired) electrons. The third-order valence-corrected chi connectivity index (χ3v) is 3.52. The highest BCUT2D eigenvalue weighted by molar-refractivity contribution is 5.29. The fraction of sp³-hybridized carbons (Fsp3) is 0.400. The maximum Gasteiger partial charge on any atom is 0.118 e. The van der Waals surface area contributed by atoms with Crippen LogP contribution in [0.4, 0.5) is 0 Å². The van der Waals surface area contributed by atoms with Crippen LogP contribution in [0.15, 0.2) is 36.7 Å². The van der Waals surface area contributed by atoms with Crippen LogP contribution < -0.4 is 10.5 Å². The first-order chi connectivity index (χ1) is 9.17. The maximum atomic E-state index is 6.36. The predicted octanol–water partition coefficient (Wildman–Crippen LogP) is 2.72. The molecule has 4 nitrogen and oxygen atoms in total. The lowest BCUT2D eigenvalue weighted by Crippen LogP contribution is -2.23. The summed E-state index contributed by atoms with van der Waals surface area (Å²) in [5.41, 5.74) is 7.46. The van der Waals surface area contributed by atoms with E-state index in [9.17, 15) is 0 Å². The van der Waals surface area contributed by atoms with Crippen molar-refractivity contribution in [3.05, 3.63) is 48.0 Å². The first-order valence-corrected chi connectivity index (χ1v) is 6.58. The summed E-state index contributed by atoms with van der Waals surface area (Å²) in [6.45, 7) is 4.22. The van der Waals surface area contributed by atoms with Gasteiger partial charge in [-0.25, -0.2) is 4.98 Å². The molecule has 102 valence electrons. The number of benzene rings is 1. The zero-order valence-electron chi connectivity index (χ0n) is 11.7. The molecule has 4 heteroatoms. The zero-order chi connectivity index (χ0) is 13.8. The number of nitrogens with two attached hydrogens (primary N) is 1. The highest BCUT2D eigenvalue weighted by Crippen LogP contribution is 2.26. The van der Waals surface area contributed by atoms with Crippen molar-refractivity contribution in [2.24, 2.45) is 5.73 Å². The van der Waals surface area contributed by atoms with Crippen LogP contribution in [0.2, 0.25) is 0 Å². The van der Waals surface area contributed by atoms with Gasteiger partial charge < -0.3 is 15.0 Å². The molecule has 0 saturated carbocycles. The molecule has 1 aromatic carbocycles. The van der Waals surface area contributed by atoms with E-state index in [1.807, 2.05) is 36.7 Å². The fourth-order valence-corrected chi connectivity index (χ4v) is 2.27. The second-order valence-corrected chi connectivity index (χ2v) is 4.64. The third-order valence-electron chi connectivity index (χ3n) is 3.52. The van der Waals surface area contributed by atoms with Gasteiger partial charge in [0.2, 0.25) is 0 Å². The standard InChI is InChI=1S/C15H21N3O/c1-4-14-17-9-10-18(14)11(2)15(16)12-5-7-13(19-3)8-6-12/h5-11,15H,4,16H2,1-3H3. The van der Waals surface area contributed by atoms with Gasteiger partial charge in [-0.15, -0.1) is 0 Å². The Morgan fingerprint density at radius 1 is 1.32 bits per heavy atom. The van der Waals surface area contributed by atoms with Crippen LogP contribution in [-0.4, -0.2) is 16.7 Å². The van der Waals surface area contributed by atoms with Gasteiger partial charge in [-0.3, -0.25) is 0 Å². The number of hydrogen-bond acceptors (Lipinski definition) is 3. The summed E-state index contributed by atoms with van der Waals surface area (Å²) in [7, 11) is 1.66. The Hall–Kier alpha value is -1.81. The van der Waals surface area contributed by atoms with Crippen molar-refractivity contribution in [3.8, 4) is 5.75 Å². The minimum atomic E-state index is -0.0644. The van der Waals surface area contributed by atoms with Gasteiger partial charge in [-0.1, -0.05) is 19.1 Å². The number of hydrogen-bond donors (Lipinski definition) is 1. The Morgan fingerprint density at radius 2 is 2.00 bits per heavy atom. The Labute approximate surface area is 114 Å². The lowest BCUT2D eigenvalue weighted by molar-refractivity contribution is 0.413. The molecule has 0 fully saturated rings. The van der Waals surface area contributed by atoms with Gasteiger partial charge in [0, 0.05) is 18.8 Å². The SMILES string of the molecule is CCc1nccn1C(C)C(N)c1ccc(OC)cc1. The molecule has 0 aliphatic carbocycles. The van der Waals surface area contributed by atoms with E-state index >= 15 is 0 Å². The van der Waals surface area contributed by atoms with Crippen molar-refractivity contribution in [1.29, 1.82) is 0 Å². The summed E-state index contributed by atoms with van der Waals surface area (Å²) in [6, 6.07) is 8.02. The number of methoxy groups -OCH3 is 1. The predicted molar refractivity (Wildman–Crippen MR) is 76.2 cm³/mol. The van der Waals surface area contributed by atoms with Crippen LogP contribution in [-0.2, 0) is 6.42 Å². The van der Waals surface area contributed by atoms with Crippen LogP contribution >= 0.6 is 0 Å². The molecule has 0 saturated heterocycles. The van der Waals surface area contributed by atoms with Gasteiger partial charge in [0.25, 0.3) is 0 Å². The average molecular weight is 259 g/mol. The van der Waals surface area contributed by atoms with E-state index in [0.29, 0.717) is 0 Å². The van der Waals surface area contributed by atoms with Crippen LogP contribution in [0.1, 0.15) is 37.3 Å². The van der Waals surface area contributed by atoms with Crippen molar-refractivity contribution in [2.75, 3.05) is 7.11 Å². The number of aryl methyl sites for hydroxylation is 1. The number of nitrogens with zero attached hydrogens (tertiary/aromatic N) is 2. The van der Waals surface area contributed by atoms with E-state index in [2.05, 4.69) is 23.4 Å². The van der Waals surface area contributed by atoms with Gasteiger partial charge in [0.15, 0.2) is 0 Å². The molecule has 0 amide bonds. The van der Waals surface area contributed by atoms with E-state index < -0.39 is 0 Å². The molecule has 1 heterocycles. The summed E-state index contributed by atoms with van der Waals surface area (Å²) in [5, 5.41) is 0. The molecule has 2 unspecified atom stereocenters. The van der Waals surface area contributed by atoms with E-state index in [4.69, 9.17) is 10.5 Å². The molecule has 2 aromatic rings. The minimum Gasteiger partial charge on any atom is -0.497 e. The molecule has 2 N–H and O–H groups in total. The summed E-state index contributed by atoms with van der Waals surface area (Å²) < 4.78 is 7.31. The second-order valence-electron chi connectivity index (χ2n) is 4.64. The normalized spacial score (nSPS) is 14.1. The largest absolute Gasteiger partial charge is 0.497 e.